The molecular formula is C12H16BrClN2O. The zero-order chi connectivity index (χ0) is 11.6. The van der Waals surface area contributed by atoms with Crippen LogP contribution in [0, 0.1) is 0 Å². The standard InChI is InChI=1S/C12H15BrN2O.ClH/c13-10-3-1-2-9(6-10)12(4-5-12)8-15-11(16)7-14;/h1-3,6H,4-5,7-8,14H2,(H,15,16);1H. The number of amides is 1. The normalized spacial score (nSPS) is 15.9. The van der Waals surface area contributed by atoms with Crippen LogP contribution in [0.4, 0.5) is 0 Å². The first kappa shape index (κ1) is 14.5. The fraction of sp³-hybridized carbons (Fsp3) is 0.417. The molecule has 17 heavy (non-hydrogen) atoms. The summed E-state index contributed by atoms with van der Waals surface area (Å²) in [6.45, 7) is 0.758. The van der Waals surface area contributed by atoms with Crippen LogP contribution in [0.1, 0.15) is 18.4 Å². The summed E-state index contributed by atoms with van der Waals surface area (Å²) in [5.74, 6) is -0.0822. The molecule has 1 aliphatic carbocycles. The minimum Gasteiger partial charge on any atom is -0.354 e. The highest BCUT2D eigenvalue weighted by atomic mass is 79.9. The summed E-state index contributed by atoms with van der Waals surface area (Å²) in [6.07, 6.45) is 2.27. The van der Waals surface area contributed by atoms with Gasteiger partial charge in [0.25, 0.3) is 0 Å². The minimum atomic E-state index is -0.0822. The molecule has 0 radical (unpaired) electrons. The third kappa shape index (κ3) is 3.44. The Kier molecular flexibility index (Phi) is 4.98. The second kappa shape index (κ2) is 5.85. The number of carbonyl (C=O) groups excluding carboxylic acids is 1. The Bertz CT molecular complexity index is 407. The van der Waals surface area contributed by atoms with Gasteiger partial charge in [-0.15, -0.1) is 12.4 Å². The van der Waals surface area contributed by atoms with Gasteiger partial charge in [0.1, 0.15) is 0 Å². The summed E-state index contributed by atoms with van der Waals surface area (Å²) in [7, 11) is 0. The monoisotopic (exact) mass is 318 g/mol. The molecule has 0 unspecified atom stereocenters. The van der Waals surface area contributed by atoms with E-state index in [1.165, 1.54) is 5.56 Å². The lowest BCUT2D eigenvalue weighted by Crippen LogP contribution is -2.36. The molecule has 0 saturated heterocycles. The largest absolute Gasteiger partial charge is 0.354 e. The molecule has 0 bridgehead atoms. The molecule has 1 aromatic rings. The van der Waals surface area contributed by atoms with Crippen LogP contribution < -0.4 is 11.1 Å². The van der Waals surface area contributed by atoms with Crippen molar-refractivity contribution < 1.29 is 4.79 Å². The maximum atomic E-state index is 11.1. The van der Waals surface area contributed by atoms with Crippen molar-refractivity contribution in [2.75, 3.05) is 13.1 Å². The Morgan fingerprint density at radius 3 is 2.71 bits per heavy atom. The van der Waals surface area contributed by atoms with Crippen LogP contribution >= 0.6 is 28.3 Å². The van der Waals surface area contributed by atoms with Gasteiger partial charge >= 0.3 is 0 Å². The van der Waals surface area contributed by atoms with Crippen LogP contribution in [0.3, 0.4) is 0 Å². The molecule has 5 heteroatoms. The molecule has 1 saturated carbocycles. The number of rotatable bonds is 4. The van der Waals surface area contributed by atoms with Gasteiger partial charge < -0.3 is 11.1 Å². The van der Waals surface area contributed by atoms with Crippen molar-refractivity contribution in [2.24, 2.45) is 5.73 Å². The third-order valence-electron chi connectivity index (χ3n) is 3.10. The molecule has 0 aromatic heterocycles. The van der Waals surface area contributed by atoms with Gasteiger partial charge in [-0.1, -0.05) is 28.1 Å². The molecule has 0 aliphatic heterocycles. The SMILES string of the molecule is Cl.NCC(=O)NCC1(c2cccc(Br)c2)CC1. The van der Waals surface area contributed by atoms with Crippen LogP contribution in [0.25, 0.3) is 0 Å². The lowest BCUT2D eigenvalue weighted by atomic mass is 9.96. The van der Waals surface area contributed by atoms with E-state index in [1.807, 2.05) is 12.1 Å². The Balaban J connectivity index is 0.00000144. The zero-order valence-corrected chi connectivity index (χ0v) is 11.8. The predicted octanol–water partition coefficient (Wildman–Crippen LogP) is 1.98. The average molecular weight is 320 g/mol. The quantitative estimate of drug-likeness (QED) is 0.891. The smallest absolute Gasteiger partial charge is 0.233 e. The van der Waals surface area contributed by atoms with Crippen LogP contribution in [0.2, 0.25) is 0 Å². The highest BCUT2D eigenvalue weighted by Crippen LogP contribution is 2.48. The van der Waals surface area contributed by atoms with E-state index in [-0.39, 0.29) is 30.3 Å². The number of carbonyl (C=O) groups is 1. The first-order chi connectivity index (χ1) is 7.66. The summed E-state index contributed by atoms with van der Waals surface area (Å²) in [5.41, 5.74) is 6.70. The highest BCUT2D eigenvalue weighted by molar-refractivity contribution is 9.10. The predicted molar refractivity (Wildman–Crippen MR) is 74.4 cm³/mol. The zero-order valence-electron chi connectivity index (χ0n) is 9.41. The molecular weight excluding hydrogens is 304 g/mol. The second-order valence-corrected chi connectivity index (χ2v) is 5.19. The van der Waals surface area contributed by atoms with Gasteiger partial charge in [0.2, 0.25) is 5.91 Å². The summed E-state index contributed by atoms with van der Waals surface area (Å²) in [6, 6.07) is 8.29. The molecule has 1 aliphatic rings. The third-order valence-corrected chi connectivity index (χ3v) is 3.59. The topological polar surface area (TPSA) is 55.1 Å². The average Bonchev–Trinajstić information content (AvgIpc) is 3.07. The molecule has 1 fully saturated rings. The summed E-state index contributed by atoms with van der Waals surface area (Å²) >= 11 is 3.47. The number of hydrogen-bond acceptors (Lipinski definition) is 2. The maximum absolute atomic E-state index is 11.1. The van der Waals surface area contributed by atoms with Gasteiger partial charge in [0, 0.05) is 16.4 Å². The van der Waals surface area contributed by atoms with E-state index in [1.54, 1.807) is 0 Å². The fourth-order valence-corrected chi connectivity index (χ4v) is 2.28. The van der Waals surface area contributed by atoms with E-state index in [4.69, 9.17) is 5.73 Å². The molecule has 94 valence electrons. The van der Waals surface area contributed by atoms with E-state index in [0.29, 0.717) is 6.54 Å². The molecule has 0 spiro atoms. The molecule has 1 aromatic carbocycles. The minimum absolute atomic E-state index is 0. The van der Waals surface area contributed by atoms with Crippen LogP contribution in [-0.2, 0) is 10.2 Å². The van der Waals surface area contributed by atoms with Crippen molar-refractivity contribution in [3.8, 4) is 0 Å². The maximum Gasteiger partial charge on any atom is 0.233 e. The molecule has 2 rings (SSSR count). The van der Waals surface area contributed by atoms with Gasteiger partial charge in [-0.2, -0.15) is 0 Å². The van der Waals surface area contributed by atoms with Gasteiger partial charge in [0.05, 0.1) is 6.54 Å². The van der Waals surface area contributed by atoms with Crippen molar-refractivity contribution in [3.63, 3.8) is 0 Å². The van der Waals surface area contributed by atoms with Crippen molar-refractivity contribution >= 4 is 34.2 Å². The highest BCUT2D eigenvalue weighted by Gasteiger charge is 2.44. The molecule has 1 amide bonds. The number of halogens is 2. The molecule has 3 N–H and O–H groups in total. The van der Waals surface area contributed by atoms with Crippen LogP contribution in [-0.4, -0.2) is 19.0 Å². The number of benzene rings is 1. The Morgan fingerprint density at radius 1 is 1.47 bits per heavy atom. The van der Waals surface area contributed by atoms with Crippen molar-refractivity contribution in [2.45, 2.75) is 18.3 Å². The van der Waals surface area contributed by atoms with Gasteiger partial charge in [-0.3, -0.25) is 4.79 Å². The van der Waals surface area contributed by atoms with Crippen molar-refractivity contribution in [1.29, 1.82) is 0 Å². The van der Waals surface area contributed by atoms with Gasteiger partial charge in [-0.05, 0) is 30.5 Å². The summed E-state index contributed by atoms with van der Waals surface area (Å²) in [4.78, 5) is 11.1. The van der Waals surface area contributed by atoms with E-state index < -0.39 is 0 Å². The lowest BCUT2D eigenvalue weighted by molar-refractivity contribution is -0.119. The van der Waals surface area contributed by atoms with E-state index in [2.05, 4.69) is 33.4 Å². The number of nitrogens with one attached hydrogen (secondary N) is 1. The van der Waals surface area contributed by atoms with E-state index in [0.717, 1.165) is 17.3 Å². The molecule has 3 nitrogen and oxygen atoms in total. The second-order valence-electron chi connectivity index (χ2n) is 4.27. The molecule has 0 atom stereocenters. The first-order valence-corrected chi connectivity index (χ1v) is 6.18. The van der Waals surface area contributed by atoms with Crippen LogP contribution in [0.5, 0.6) is 0 Å². The number of hydrogen-bond donors (Lipinski definition) is 2. The molecule has 0 heterocycles. The lowest BCUT2D eigenvalue weighted by Gasteiger charge is -2.16. The summed E-state index contributed by atoms with van der Waals surface area (Å²) < 4.78 is 1.08. The Hall–Kier alpha value is -0.580. The van der Waals surface area contributed by atoms with Gasteiger partial charge in [0.15, 0.2) is 0 Å². The Morgan fingerprint density at radius 2 is 2.18 bits per heavy atom. The van der Waals surface area contributed by atoms with Gasteiger partial charge in [-0.25, -0.2) is 0 Å². The van der Waals surface area contributed by atoms with E-state index in [9.17, 15) is 4.79 Å². The van der Waals surface area contributed by atoms with Crippen molar-refractivity contribution in [1.82, 2.24) is 5.32 Å². The first-order valence-electron chi connectivity index (χ1n) is 5.39. The number of nitrogens with two attached hydrogens (primary N) is 1. The fourth-order valence-electron chi connectivity index (χ4n) is 1.88. The Labute approximate surface area is 116 Å². The van der Waals surface area contributed by atoms with Crippen LogP contribution in [0.15, 0.2) is 28.7 Å². The van der Waals surface area contributed by atoms with E-state index >= 15 is 0 Å². The summed E-state index contributed by atoms with van der Waals surface area (Å²) in [5, 5.41) is 2.87. The van der Waals surface area contributed by atoms with Crippen molar-refractivity contribution in [3.05, 3.63) is 34.3 Å².